The molecular formula is C13H18. The van der Waals surface area contributed by atoms with Crippen molar-refractivity contribution in [3.05, 3.63) is 33.9 Å². The van der Waals surface area contributed by atoms with Crippen molar-refractivity contribution in [1.82, 2.24) is 0 Å². The Morgan fingerprint density at radius 1 is 1.15 bits per heavy atom. The molecule has 0 spiro atoms. The van der Waals surface area contributed by atoms with E-state index in [-0.39, 0.29) is 0 Å². The standard InChI is InChI=1S/C13H18/c1-8-5-6-12-11(4)9(2)7-10(3)13(8)12/h7-8H,5-6H2,1-4H3. The molecule has 0 aliphatic heterocycles. The molecule has 0 fully saturated rings. The van der Waals surface area contributed by atoms with E-state index in [0.717, 1.165) is 5.92 Å². The number of hydrogen-bond acceptors (Lipinski definition) is 0. The highest BCUT2D eigenvalue weighted by Gasteiger charge is 2.22. The highest BCUT2D eigenvalue weighted by atomic mass is 14.3. The van der Waals surface area contributed by atoms with Gasteiger partial charge in [0.25, 0.3) is 0 Å². The van der Waals surface area contributed by atoms with Gasteiger partial charge in [-0.25, -0.2) is 0 Å². The third-order valence-electron chi connectivity index (χ3n) is 3.55. The topological polar surface area (TPSA) is 0 Å². The van der Waals surface area contributed by atoms with Crippen molar-refractivity contribution in [3.63, 3.8) is 0 Å². The van der Waals surface area contributed by atoms with Crippen molar-refractivity contribution in [3.8, 4) is 0 Å². The summed E-state index contributed by atoms with van der Waals surface area (Å²) in [5.74, 6) is 0.786. The van der Waals surface area contributed by atoms with Gasteiger partial charge in [-0.3, -0.25) is 0 Å². The zero-order valence-electron chi connectivity index (χ0n) is 9.07. The van der Waals surface area contributed by atoms with Crippen molar-refractivity contribution in [2.75, 3.05) is 0 Å². The van der Waals surface area contributed by atoms with E-state index in [2.05, 4.69) is 33.8 Å². The zero-order chi connectivity index (χ0) is 9.59. The maximum Gasteiger partial charge on any atom is -0.0182 e. The van der Waals surface area contributed by atoms with E-state index >= 15 is 0 Å². The second kappa shape index (κ2) is 2.87. The molecule has 1 unspecified atom stereocenters. The van der Waals surface area contributed by atoms with Crippen molar-refractivity contribution < 1.29 is 0 Å². The van der Waals surface area contributed by atoms with E-state index in [9.17, 15) is 0 Å². The van der Waals surface area contributed by atoms with Crippen LogP contribution in [0.2, 0.25) is 0 Å². The lowest BCUT2D eigenvalue weighted by molar-refractivity contribution is 0.744. The molecular weight excluding hydrogens is 156 g/mol. The fourth-order valence-electron chi connectivity index (χ4n) is 2.70. The molecule has 0 aromatic heterocycles. The lowest BCUT2D eigenvalue weighted by atomic mass is 9.92. The first-order valence-electron chi connectivity index (χ1n) is 5.21. The Kier molecular flexibility index (Phi) is 1.94. The van der Waals surface area contributed by atoms with Crippen LogP contribution in [-0.2, 0) is 6.42 Å². The summed E-state index contributed by atoms with van der Waals surface area (Å²) in [6.45, 7) is 9.11. The van der Waals surface area contributed by atoms with E-state index in [0.29, 0.717) is 0 Å². The Hall–Kier alpha value is -0.780. The van der Waals surface area contributed by atoms with Crippen molar-refractivity contribution in [1.29, 1.82) is 0 Å². The lowest BCUT2D eigenvalue weighted by Gasteiger charge is -2.13. The van der Waals surface area contributed by atoms with Gasteiger partial charge in [-0.15, -0.1) is 0 Å². The molecule has 0 bridgehead atoms. The normalized spacial score (nSPS) is 20.5. The van der Waals surface area contributed by atoms with Crippen LogP contribution >= 0.6 is 0 Å². The number of fused-ring (bicyclic) bond motifs is 1. The Morgan fingerprint density at radius 3 is 2.54 bits per heavy atom. The van der Waals surface area contributed by atoms with Gasteiger partial charge in [-0.2, -0.15) is 0 Å². The molecule has 0 heterocycles. The van der Waals surface area contributed by atoms with Gasteiger partial charge < -0.3 is 0 Å². The number of benzene rings is 1. The van der Waals surface area contributed by atoms with Gasteiger partial charge in [0.05, 0.1) is 0 Å². The number of rotatable bonds is 0. The summed E-state index contributed by atoms with van der Waals surface area (Å²) in [4.78, 5) is 0. The minimum atomic E-state index is 0.786. The van der Waals surface area contributed by atoms with Crippen molar-refractivity contribution >= 4 is 0 Å². The average Bonchev–Trinajstić information content (AvgIpc) is 2.44. The molecule has 1 aliphatic rings. The van der Waals surface area contributed by atoms with Crippen molar-refractivity contribution in [2.24, 2.45) is 0 Å². The molecule has 0 saturated heterocycles. The second-order valence-corrected chi connectivity index (χ2v) is 4.47. The van der Waals surface area contributed by atoms with Gasteiger partial charge in [-0.1, -0.05) is 13.0 Å². The molecule has 1 aliphatic carbocycles. The predicted molar refractivity (Wildman–Crippen MR) is 57.4 cm³/mol. The lowest BCUT2D eigenvalue weighted by Crippen LogP contribution is -1.96. The molecule has 1 aromatic rings. The third kappa shape index (κ3) is 1.20. The summed E-state index contributed by atoms with van der Waals surface area (Å²) in [6.07, 6.45) is 2.64. The Labute approximate surface area is 81.0 Å². The van der Waals surface area contributed by atoms with Crippen LogP contribution in [0.15, 0.2) is 6.07 Å². The van der Waals surface area contributed by atoms with Gasteiger partial charge in [0, 0.05) is 0 Å². The Bertz CT molecular complexity index is 348. The van der Waals surface area contributed by atoms with E-state index in [4.69, 9.17) is 0 Å². The fourth-order valence-corrected chi connectivity index (χ4v) is 2.70. The second-order valence-electron chi connectivity index (χ2n) is 4.47. The largest absolute Gasteiger partial charge is 0.0584 e. The molecule has 70 valence electrons. The fraction of sp³-hybridized carbons (Fsp3) is 0.538. The van der Waals surface area contributed by atoms with Crippen LogP contribution in [0.4, 0.5) is 0 Å². The van der Waals surface area contributed by atoms with Crippen LogP contribution in [0.25, 0.3) is 0 Å². The first-order chi connectivity index (χ1) is 6.11. The molecule has 1 aromatic carbocycles. The molecule has 0 amide bonds. The molecule has 13 heavy (non-hydrogen) atoms. The summed E-state index contributed by atoms with van der Waals surface area (Å²) in [5.41, 5.74) is 7.78. The average molecular weight is 174 g/mol. The summed E-state index contributed by atoms with van der Waals surface area (Å²) in [5, 5.41) is 0. The van der Waals surface area contributed by atoms with Gasteiger partial charge in [0.1, 0.15) is 0 Å². The van der Waals surface area contributed by atoms with Gasteiger partial charge in [-0.05, 0) is 67.3 Å². The predicted octanol–water partition coefficient (Wildman–Crippen LogP) is 3.66. The molecule has 0 heteroatoms. The molecule has 2 rings (SSSR count). The van der Waals surface area contributed by atoms with E-state index < -0.39 is 0 Å². The SMILES string of the molecule is Cc1cc(C)c2c(c1C)CCC2C. The Balaban J connectivity index is 2.69. The first-order valence-corrected chi connectivity index (χ1v) is 5.21. The zero-order valence-corrected chi connectivity index (χ0v) is 9.07. The third-order valence-corrected chi connectivity index (χ3v) is 3.55. The smallest absolute Gasteiger partial charge is 0.0182 e. The summed E-state index contributed by atoms with van der Waals surface area (Å²) < 4.78 is 0. The van der Waals surface area contributed by atoms with E-state index in [1.165, 1.54) is 29.5 Å². The minimum absolute atomic E-state index is 0.786. The molecule has 0 N–H and O–H groups in total. The van der Waals surface area contributed by atoms with E-state index in [1.54, 1.807) is 11.1 Å². The van der Waals surface area contributed by atoms with Gasteiger partial charge in [0.2, 0.25) is 0 Å². The maximum atomic E-state index is 2.35. The first kappa shape index (κ1) is 8.80. The van der Waals surface area contributed by atoms with Crippen LogP contribution in [0.1, 0.15) is 47.1 Å². The van der Waals surface area contributed by atoms with Crippen LogP contribution in [0.5, 0.6) is 0 Å². The van der Waals surface area contributed by atoms with Crippen LogP contribution in [0, 0.1) is 20.8 Å². The quantitative estimate of drug-likeness (QED) is 0.563. The van der Waals surface area contributed by atoms with Crippen LogP contribution in [-0.4, -0.2) is 0 Å². The number of hydrogen-bond donors (Lipinski definition) is 0. The summed E-state index contributed by atoms with van der Waals surface area (Å²) in [6, 6.07) is 2.34. The van der Waals surface area contributed by atoms with Gasteiger partial charge >= 0.3 is 0 Å². The molecule has 1 atom stereocenters. The highest BCUT2D eigenvalue weighted by Crippen LogP contribution is 2.37. The monoisotopic (exact) mass is 174 g/mol. The summed E-state index contributed by atoms with van der Waals surface area (Å²) in [7, 11) is 0. The number of aryl methyl sites for hydroxylation is 2. The van der Waals surface area contributed by atoms with Crippen LogP contribution in [0.3, 0.4) is 0 Å². The van der Waals surface area contributed by atoms with E-state index in [1.807, 2.05) is 0 Å². The molecule has 0 nitrogen and oxygen atoms in total. The molecule has 0 saturated carbocycles. The van der Waals surface area contributed by atoms with Crippen molar-refractivity contribution in [2.45, 2.75) is 46.5 Å². The minimum Gasteiger partial charge on any atom is -0.0584 e. The Morgan fingerprint density at radius 2 is 1.85 bits per heavy atom. The highest BCUT2D eigenvalue weighted by molar-refractivity contribution is 5.48. The van der Waals surface area contributed by atoms with Crippen LogP contribution < -0.4 is 0 Å². The molecule has 0 radical (unpaired) electrons. The summed E-state index contributed by atoms with van der Waals surface area (Å²) >= 11 is 0. The maximum absolute atomic E-state index is 2.35. The van der Waals surface area contributed by atoms with Gasteiger partial charge in [0.15, 0.2) is 0 Å².